The summed E-state index contributed by atoms with van der Waals surface area (Å²) in [5, 5.41) is 7.55. The number of carbonyl (C=O) groups excluding carboxylic acids is 1. The number of aromatic nitrogens is 4. The summed E-state index contributed by atoms with van der Waals surface area (Å²) < 4.78 is 7.05. The molecule has 1 atom stereocenters. The summed E-state index contributed by atoms with van der Waals surface area (Å²) in [6, 6.07) is 11.6. The molecule has 7 heteroatoms. The lowest BCUT2D eigenvalue weighted by atomic mass is 9.94. The summed E-state index contributed by atoms with van der Waals surface area (Å²) in [7, 11) is 1.66. The zero-order valence-corrected chi connectivity index (χ0v) is 15.2. The molecular weight excluding hydrogens is 342 g/mol. The number of nitrogens with zero attached hydrogens (tertiary/aromatic N) is 5. The fourth-order valence-corrected chi connectivity index (χ4v) is 3.52. The van der Waals surface area contributed by atoms with Crippen molar-refractivity contribution in [2.45, 2.75) is 25.3 Å². The Morgan fingerprint density at radius 2 is 2.00 bits per heavy atom. The van der Waals surface area contributed by atoms with Gasteiger partial charge in [-0.25, -0.2) is 4.98 Å². The first kappa shape index (κ1) is 17.2. The first-order valence-electron chi connectivity index (χ1n) is 9.02. The minimum atomic E-state index is 0.00493. The van der Waals surface area contributed by atoms with E-state index in [1.807, 2.05) is 29.2 Å². The van der Waals surface area contributed by atoms with Gasteiger partial charge in [0.15, 0.2) is 0 Å². The zero-order valence-electron chi connectivity index (χ0n) is 15.2. The Morgan fingerprint density at radius 1 is 1.15 bits per heavy atom. The van der Waals surface area contributed by atoms with E-state index in [-0.39, 0.29) is 11.9 Å². The van der Waals surface area contributed by atoms with Crippen LogP contribution in [0.5, 0.6) is 5.75 Å². The molecule has 0 bridgehead atoms. The molecule has 27 heavy (non-hydrogen) atoms. The summed E-state index contributed by atoms with van der Waals surface area (Å²) in [6.07, 6.45) is 7.84. The van der Waals surface area contributed by atoms with Gasteiger partial charge in [0.25, 0.3) is 5.91 Å². The lowest BCUT2D eigenvalue weighted by Crippen LogP contribution is -2.38. The SMILES string of the molecule is COc1cccc([C@@H]2CCCCN2C(=O)c2ccc(-n3cnnc3)nc2)c1. The molecule has 4 rings (SSSR count). The molecule has 1 aliphatic rings. The highest BCUT2D eigenvalue weighted by molar-refractivity contribution is 5.94. The first-order chi connectivity index (χ1) is 13.3. The van der Waals surface area contributed by atoms with Gasteiger partial charge in [0, 0.05) is 12.7 Å². The number of methoxy groups -OCH3 is 1. The van der Waals surface area contributed by atoms with Crippen molar-refractivity contribution in [3.05, 3.63) is 66.4 Å². The lowest BCUT2D eigenvalue weighted by Gasteiger charge is -2.36. The molecule has 1 amide bonds. The number of piperidine rings is 1. The van der Waals surface area contributed by atoms with Gasteiger partial charge in [-0.05, 0) is 49.1 Å². The van der Waals surface area contributed by atoms with Crippen LogP contribution in [0.3, 0.4) is 0 Å². The summed E-state index contributed by atoms with van der Waals surface area (Å²) in [4.78, 5) is 19.5. The molecule has 138 valence electrons. The second-order valence-corrected chi connectivity index (χ2v) is 6.56. The molecule has 1 aliphatic heterocycles. The van der Waals surface area contributed by atoms with E-state index in [2.05, 4.69) is 21.2 Å². The standard InChI is InChI=1S/C20H21N5O2/c1-27-17-6-4-5-15(11-17)18-7-2-3-10-25(18)20(26)16-8-9-19(21-12-16)24-13-22-23-14-24/h4-6,8-9,11-14,18H,2-3,7,10H2,1H3/t18-/m0/s1. The lowest BCUT2D eigenvalue weighted by molar-refractivity contribution is 0.0611. The highest BCUT2D eigenvalue weighted by Crippen LogP contribution is 2.33. The Kier molecular flexibility index (Phi) is 4.82. The number of amides is 1. The minimum Gasteiger partial charge on any atom is -0.497 e. The number of hydrogen-bond donors (Lipinski definition) is 0. The van der Waals surface area contributed by atoms with E-state index in [9.17, 15) is 4.79 Å². The van der Waals surface area contributed by atoms with Gasteiger partial charge in [0.05, 0.1) is 18.7 Å². The fraction of sp³-hybridized carbons (Fsp3) is 0.300. The third-order valence-electron chi connectivity index (χ3n) is 4.92. The number of hydrogen-bond acceptors (Lipinski definition) is 5. The average molecular weight is 363 g/mol. The molecule has 0 spiro atoms. The number of pyridine rings is 1. The summed E-state index contributed by atoms with van der Waals surface area (Å²) >= 11 is 0. The molecule has 0 N–H and O–H groups in total. The number of benzene rings is 1. The van der Waals surface area contributed by atoms with Crippen LogP contribution in [-0.4, -0.2) is 44.2 Å². The van der Waals surface area contributed by atoms with Gasteiger partial charge in [-0.1, -0.05) is 12.1 Å². The quantitative estimate of drug-likeness (QED) is 0.712. The van der Waals surface area contributed by atoms with Gasteiger partial charge in [-0.15, -0.1) is 10.2 Å². The maximum Gasteiger partial charge on any atom is 0.255 e. The zero-order chi connectivity index (χ0) is 18.6. The number of ether oxygens (including phenoxy) is 1. The van der Waals surface area contributed by atoms with E-state index in [0.29, 0.717) is 11.4 Å². The number of likely N-dealkylation sites (tertiary alicyclic amines) is 1. The third-order valence-corrected chi connectivity index (χ3v) is 4.92. The van der Waals surface area contributed by atoms with Crippen molar-refractivity contribution in [3.8, 4) is 11.6 Å². The van der Waals surface area contributed by atoms with Gasteiger partial charge in [-0.3, -0.25) is 9.36 Å². The van der Waals surface area contributed by atoms with Crippen molar-refractivity contribution in [3.63, 3.8) is 0 Å². The summed E-state index contributed by atoms with van der Waals surface area (Å²) in [5.74, 6) is 1.50. The van der Waals surface area contributed by atoms with Crippen LogP contribution in [0.4, 0.5) is 0 Å². The molecule has 0 radical (unpaired) electrons. The van der Waals surface area contributed by atoms with E-state index in [4.69, 9.17) is 4.74 Å². The molecule has 0 saturated carbocycles. The molecule has 0 unspecified atom stereocenters. The predicted molar refractivity (Wildman–Crippen MR) is 99.8 cm³/mol. The van der Waals surface area contributed by atoms with Gasteiger partial charge in [0.1, 0.15) is 24.2 Å². The first-order valence-corrected chi connectivity index (χ1v) is 9.02. The van der Waals surface area contributed by atoms with Crippen LogP contribution in [0, 0.1) is 0 Å². The van der Waals surface area contributed by atoms with E-state index in [1.165, 1.54) is 0 Å². The van der Waals surface area contributed by atoms with E-state index in [1.54, 1.807) is 36.6 Å². The van der Waals surface area contributed by atoms with E-state index < -0.39 is 0 Å². The smallest absolute Gasteiger partial charge is 0.255 e. The third kappa shape index (κ3) is 3.53. The minimum absolute atomic E-state index is 0.00493. The van der Waals surface area contributed by atoms with E-state index >= 15 is 0 Å². The maximum absolute atomic E-state index is 13.2. The largest absolute Gasteiger partial charge is 0.497 e. The fourth-order valence-electron chi connectivity index (χ4n) is 3.52. The number of carbonyl (C=O) groups is 1. The monoisotopic (exact) mass is 363 g/mol. The second kappa shape index (κ2) is 7.57. The van der Waals surface area contributed by atoms with Crippen LogP contribution in [0.25, 0.3) is 5.82 Å². The maximum atomic E-state index is 13.2. The molecule has 0 aliphatic carbocycles. The molecule has 1 saturated heterocycles. The Labute approximate surface area is 157 Å². The predicted octanol–water partition coefficient (Wildman–Crippen LogP) is 3.04. The van der Waals surface area contributed by atoms with Crippen LogP contribution in [0.15, 0.2) is 55.2 Å². The van der Waals surface area contributed by atoms with Gasteiger partial charge in [0.2, 0.25) is 0 Å². The summed E-state index contributed by atoms with van der Waals surface area (Å²) in [6.45, 7) is 0.744. The van der Waals surface area contributed by atoms with Crippen LogP contribution < -0.4 is 4.74 Å². The Balaban J connectivity index is 1.58. The second-order valence-electron chi connectivity index (χ2n) is 6.56. The van der Waals surface area contributed by atoms with Crippen LogP contribution in [-0.2, 0) is 0 Å². The molecule has 2 aromatic heterocycles. The Hall–Kier alpha value is -3.22. The highest BCUT2D eigenvalue weighted by Gasteiger charge is 2.29. The Morgan fingerprint density at radius 3 is 2.74 bits per heavy atom. The summed E-state index contributed by atoms with van der Waals surface area (Å²) in [5.41, 5.74) is 1.69. The van der Waals surface area contributed by atoms with Gasteiger partial charge >= 0.3 is 0 Å². The van der Waals surface area contributed by atoms with Crippen molar-refractivity contribution in [1.29, 1.82) is 0 Å². The normalized spacial score (nSPS) is 16.9. The van der Waals surface area contributed by atoms with Gasteiger partial charge < -0.3 is 9.64 Å². The van der Waals surface area contributed by atoms with Crippen LogP contribution in [0.1, 0.15) is 41.2 Å². The molecule has 1 aromatic carbocycles. The van der Waals surface area contributed by atoms with Crippen molar-refractivity contribution in [2.24, 2.45) is 0 Å². The van der Waals surface area contributed by atoms with Crippen molar-refractivity contribution in [2.75, 3.05) is 13.7 Å². The Bertz CT molecular complexity index is 908. The van der Waals surface area contributed by atoms with Crippen LogP contribution in [0.2, 0.25) is 0 Å². The number of rotatable bonds is 4. The molecule has 7 nitrogen and oxygen atoms in total. The molecule has 1 fully saturated rings. The van der Waals surface area contributed by atoms with E-state index in [0.717, 1.165) is 37.1 Å². The average Bonchev–Trinajstić information content (AvgIpc) is 3.28. The van der Waals surface area contributed by atoms with Gasteiger partial charge in [-0.2, -0.15) is 0 Å². The highest BCUT2D eigenvalue weighted by atomic mass is 16.5. The van der Waals surface area contributed by atoms with Crippen molar-refractivity contribution >= 4 is 5.91 Å². The topological polar surface area (TPSA) is 73.1 Å². The van der Waals surface area contributed by atoms with Crippen molar-refractivity contribution in [1.82, 2.24) is 24.6 Å². The molecule has 3 heterocycles. The molecular formula is C20H21N5O2. The van der Waals surface area contributed by atoms with Crippen molar-refractivity contribution < 1.29 is 9.53 Å². The molecule has 3 aromatic rings. The van der Waals surface area contributed by atoms with Crippen LogP contribution >= 0.6 is 0 Å².